The maximum atomic E-state index is 6.14. The highest BCUT2D eigenvalue weighted by Crippen LogP contribution is 2.40. The summed E-state index contributed by atoms with van der Waals surface area (Å²) in [5.41, 5.74) is 8.75. The molecule has 0 amide bonds. The first kappa shape index (κ1) is 9.22. The first-order valence-corrected chi connectivity index (χ1v) is 5.49. The summed E-state index contributed by atoms with van der Waals surface area (Å²) in [5.74, 6) is 0.736. The van der Waals surface area contributed by atoms with Crippen molar-refractivity contribution in [3.05, 3.63) is 33.8 Å². The van der Waals surface area contributed by atoms with Crippen LogP contribution in [-0.2, 0) is 0 Å². The van der Waals surface area contributed by atoms with Gasteiger partial charge in [-0.05, 0) is 48.9 Å². The van der Waals surface area contributed by atoms with Gasteiger partial charge in [-0.15, -0.1) is 0 Å². The molecule has 1 saturated carbocycles. The van der Waals surface area contributed by atoms with Gasteiger partial charge in [-0.1, -0.05) is 22.0 Å². The van der Waals surface area contributed by atoms with Gasteiger partial charge in [0.1, 0.15) is 0 Å². The topological polar surface area (TPSA) is 26.0 Å². The molecule has 0 saturated heterocycles. The lowest BCUT2D eigenvalue weighted by molar-refractivity contribution is 0.629. The Bertz CT molecular complexity index is 318. The standard InChI is InChI=1S/C11H14BrN/c1-7-6-9(12)4-5-10(7)11(13)8-2-3-8/h4-6,8,11H,2-3,13H2,1H3/t11-/m1/s1. The van der Waals surface area contributed by atoms with E-state index in [4.69, 9.17) is 5.73 Å². The van der Waals surface area contributed by atoms with Crippen LogP contribution in [0.2, 0.25) is 0 Å². The molecule has 0 aliphatic heterocycles. The fraction of sp³-hybridized carbons (Fsp3) is 0.455. The number of aryl methyl sites for hydroxylation is 1. The van der Waals surface area contributed by atoms with Crippen molar-refractivity contribution in [3.63, 3.8) is 0 Å². The number of benzene rings is 1. The van der Waals surface area contributed by atoms with Gasteiger partial charge in [0.25, 0.3) is 0 Å². The molecule has 0 radical (unpaired) electrons. The summed E-state index contributed by atoms with van der Waals surface area (Å²) in [7, 11) is 0. The Kier molecular flexibility index (Phi) is 2.43. The summed E-state index contributed by atoms with van der Waals surface area (Å²) in [4.78, 5) is 0. The third kappa shape index (κ3) is 1.94. The second kappa shape index (κ2) is 3.43. The van der Waals surface area contributed by atoms with E-state index in [2.05, 4.69) is 41.1 Å². The minimum Gasteiger partial charge on any atom is -0.324 e. The van der Waals surface area contributed by atoms with Crippen molar-refractivity contribution in [1.82, 2.24) is 0 Å². The van der Waals surface area contributed by atoms with Crippen LogP contribution in [0.5, 0.6) is 0 Å². The average molecular weight is 240 g/mol. The normalized spacial score (nSPS) is 18.7. The highest BCUT2D eigenvalue weighted by Gasteiger charge is 2.30. The average Bonchev–Trinajstić information content (AvgIpc) is 2.85. The Morgan fingerprint density at radius 2 is 2.15 bits per heavy atom. The van der Waals surface area contributed by atoms with Gasteiger partial charge in [0.2, 0.25) is 0 Å². The van der Waals surface area contributed by atoms with Gasteiger partial charge in [0, 0.05) is 10.5 Å². The molecule has 70 valence electrons. The molecule has 0 heterocycles. The fourth-order valence-electron chi connectivity index (χ4n) is 1.72. The van der Waals surface area contributed by atoms with Crippen molar-refractivity contribution >= 4 is 15.9 Å². The van der Waals surface area contributed by atoms with Crippen LogP contribution in [0, 0.1) is 12.8 Å². The van der Waals surface area contributed by atoms with Gasteiger partial charge in [0.15, 0.2) is 0 Å². The molecule has 0 aromatic heterocycles. The van der Waals surface area contributed by atoms with Crippen molar-refractivity contribution in [3.8, 4) is 0 Å². The van der Waals surface area contributed by atoms with E-state index in [-0.39, 0.29) is 6.04 Å². The molecule has 0 bridgehead atoms. The van der Waals surface area contributed by atoms with Crippen molar-refractivity contribution in [2.24, 2.45) is 11.7 Å². The molecule has 2 heteroatoms. The second-order valence-electron chi connectivity index (χ2n) is 3.86. The minimum atomic E-state index is 0.257. The molecule has 2 N–H and O–H groups in total. The SMILES string of the molecule is Cc1cc(Br)ccc1[C@H](N)C1CC1. The Balaban J connectivity index is 2.28. The number of hydrogen-bond acceptors (Lipinski definition) is 1. The van der Waals surface area contributed by atoms with Crippen molar-refractivity contribution in [1.29, 1.82) is 0 Å². The molecule has 1 aliphatic carbocycles. The zero-order valence-electron chi connectivity index (χ0n) is 7.76. The van der Waals surface area contributed by atoms with Crippen LogP contribution in [0.15, 0.2) is 22.7 Å². The van der Waals surface area contributed by atoms with Crippen LogP contribution < -0.4 is 5.73 Å². The molecular weight excluding hydrogens is 226 g/mol. The van der Waals surface area contributed by atoms with Gasteiger partial charge >= 0.3 is 0 Å². The van der Waals surface area contributed by atoms with Crippen molar-refractivity contribution in [2.45, 2.75) is 25.8 Å². The first-order valence-electron chi connectivity index (χ1n) is 4.70. The molecular formula is C11H14BrN. The van der Waals surface area contributed by atoms with Crippen LogP contribution in [0.4, 0.5) is 0 Å². The highest BCUT2D eigenvalue weighted by atomic mass is 79.9. The third-order valence-corrected chi connectivity index (χ3v) is 3.21. The minimum absolute atomic E-state index is 0.257. The Labute approximate surface area is 87.5 Å². The van der Waals surface area contributed by atoms with Gasteiger partial charge in [-0.3, -0.25) is 0 Å². The Morgan fingerprint density at radius 1 is 1.46 bits per heavy atom. The van der Waals surface area contributed by atoms with E-state index >= 15 is 0 Å². The number of nitrogens with two attached hydrogens (primary N) is 1. The molecule has 0 unspecified atom stereocenters. The van der Waals surface area contributed by atoms with Crippen molar-refractivity contribution in [2.75, 3.05) is 0 Å². The van der Waals surface area contributed by atoms with Crippen LogP contribution in [0.1, 0.15) is 30.0 Å². The summed E-state index contributed by atoms with van der Waals surface area (Å²) in [6, 6.07) is 6.61. The van der Waals surface area contributed by atoms with E-state index in [0.717, 1.165) is 10.4 Å². The predicted molar refractivity (Wildman–Crippen MR) is 58.5 cm³/mol. The molecule has 13 heavy (non-hydrogen) atoms. The number of halogens is 1. The zero-order valence-corrected chi connectivity index (χ0v) is 9.34. The van der Waals surface area contributed by atoms with Gasteiger partial charge in [-0.25, -0.2) is 0 Å². The lowest BCUT2D eigenvalue weighted by Crippen LogP contribution is -2.13. The number of rotatable bonds is 2. The summed E-state index contributed by atoms with van der Waals surface area (Å²) in [5, 5.41) is 0. The zero-order chi connectivity index (χ0) is 9.42. The summed E-state index contributed by atoms with van der Waals surface area (Å²) in [6.07, 6.45) is 2.60. The van der Waals surface area contributed by atoms with Gasteiger partial charge < -0.3 is 5.73 Å². The van der Waals surface area contributed by atoms with E-state index in [9.17, 15) is 0 Å². The molecule has 1 fully saturated rings. The van der Waals surface area contributed by atoms with Crippen LogP contribution in [0.3, 0.4) is 0 Å². The van der Waals surface area contributed by atoms with E-state index in [1.807, 2.05) is 0 Å². The van der Waals surface area contributed by atoms with Crippen molar-refractivity contribution < 1.29 is 0 Å². The van der Waals surface area contributed by atoms with E-state index in [0.29, 0.717) is 0 Å². The maximum Gasteiger partial charge on any atom is 0.0326 e. The van der Waals surface area contributed by atoms with Crippen LogP contribution >= 0.6 is 15.9 Å². The molecule has 1 atom stereocenters. The number of hydrogen-bond donors (Lipinski definition) is 1. The third-order valence-electron chi connectivity index (χ3n) is 2.72. The maximum absolute atomic E-state index is 6.14. The lowest BCUT2D eigenvalue weighted by atomic mass is 9.99. The quantitative estimate of drug-likeness (QED) is 0.844. The lowest BCUT2D eigenvalue weighted by Gasteiger charge is -2.13. The van der Waals surface area contributed by atoms with E-state index < -0.39 is 0 Å². The van der Waals surface area contributed by atoms with E-state index in [1.54, 1.807) is 0 Å². The highest BCUT2D eigenvalue weighted by molar-refractivity contribution is 9.10. The van der Waals surface area contributed by atoms with Gasteiger partial charge in [-0.2, -0.15) is 0 Å². The smallest absolute Gasteiger partial charge is 0.0326 e. The summed E-state index contributed by atoms with van der Waals surface area (Å²) in [6.45, 7) is 2.13. The molecule has 2 rings (SSSR count). The Morgan fingerprint density at radius 3 is 2.69 bits per heavy atom. The largest absolute Gasteiger partial charge is 0.324 e. The monoisotopic (exact) mass is 239 g/mol. The summed E-state index contributed by atoms with van der Waals surface area (Å²) >= 11 is 3.46. The van der Waals surface area contributed by atoms with Crippen LogP contribution in [-0.4, -0.2) is 0 Å². The molecule has 1 aromatic carbocycles. The van der Waals surface area contributed by atoms with E-state index in [1.165, 1.54) is 24.0 Å². The summed E-state index contributed by atoms with van der Waals surface area (Å²) < 4.78 is 1.14. The fourth-order valence-corrected chi connectivity index (χ4v) is 2.20. The first-order chi connectivity index (χ1) is 6.18. The second-order valence-corrected chi connectivity index (χ2v) is 4.78. The molecule has 1 aliphatic rings. The molecule has 1 aromatic rings. The Hall–Kier alpha value is -0.340. The van der Waals surface area contributed by atoms with Gasteiger partial charge in [0.05, 0.1) is 0 Å². The van der Waals surface area contributed by atoms with Crippen LogP contribution in [0.25, 0.3) is 0 Å². The molecule has 0 spiro atoms. The molecule has 1 nitrogen and oxygen atoms in total. The predicted octanol–water partition coefficient (Wildman–Crippen LogP) is 3.17.